The van der Waals surface area contributed by atoms with E-state index in [9.17, 15) is 9.59 Å². The van der Waals surface area contributed by atoms with E-state index in [0.29, 0.717) is 18.8 Å². The second-order valence-corrected chi connectivity index (χ2v) is 7.17. The van der Waals surface area contributed by atoms with E-state index in [1.165, 1.54) is 0 Å². The van der Waals surface area contributed by atoms with Crippen molar-refractivity contribution < 1.29 is 9.59 Å². The zero-order chi connectivity index (χ0) is 19.5. The van der Waals surface area contributed by atoms with E-state index in [1.54, 1.807) is 41.0 Å². The molecule has 1 aliphatic rings. The van der Waals surface area contributed by atoms with Gasteiger partial charge < -0.3 is 14.0 Å². The van der Waals surface area contributed by atoms with Gasteiger partial charge in [-0.05, 0) is 36.6 Å². The van der Waals surface area contributed by atoms with Gasteiger partial charge in [0.1, 0.15) is 5.82 Å². The smallest absolute Gasteiger partial charge is 0.296 e. The number of carbonyl (C=O) groups is 2. The normalized spacial score (nSPS) is 15.0. The monoisotopic (exact) mass is 377 g/mol. The molecule has 144 valence electrons. The minimum absolute atomic E-state index is 0.279. The number of Topliss-reactive ketones (excluding diaryl/α,β-unsaturated/α-hetero) is 1. The van der Waals surface area contributed by atoms with Crippen LogP contribution in [0.15, 0.2) is 55.2 Å². The number of aryl methyl sites for hydroxylation is 1. The second-order valence-electron chi connectivity index (χ2n) is 7.17. The van der Waals surface area contributed by atoms with Gasteiger partial charge in [0.05, 0.1) is 12.2 Å². The first-order valence-corrected chi connectivity index (χ1v) is 9.48. The minimum atomic E-state index is -0.441. The lowest BCUT2D eigenvalue weighted by Gasteiger charge is -2.31. The van der Waals surface area contributed by atoms with Gasteiger partial charge in [0, 0.05) is 57.0 Å². The van der Waals surface area contributed by atoms with E-state index in [2.05, 4.69) is 14.5 Å². The Labute approximate surface area is 163 Å². The molecule has 0 N–H and O–H groups in total. The summed E-state index contributed by atoms with van der Waals surface area (Å²) in [6.07, 6.45) is 10.8. The topological polar surface area (TPSA) is 73.0 Å². The number of pyridine rings is 1. The number of nitrogens with zero attached hydrogens (tertiary/aromatic N) is 5. The highest BCUT2D eigenvalue weighted by atomic mass is 16.2. The fourth-order valence-electron chi connectivity index (χ4n) is 3.79. The maximum Gasteiger partial charge on any atom is 0.296 e. The van der Waals surface area contributed by atoms with E-state index >= 15 is 0 Å². The molecule has 0 radical (unpaired) electrons. The van der Waals surface area contributed by atoms with Crippen molar-refractivity contribution in [1.29, 1.82) is 0 Å². The number of hydrogen-bond donors (Lipinski definition) is 0. The molecule has 0 spiro atoms. The highest BCUT2D eigenvalue weighted by Crippen LogP contribution is 2.27. The molecule has 3 aromatic heterocycles. The van der Waals surface area contributed by atoms with Crippen LogP contribution in [0.2, 0.25) is 0 Å². The predicted molar refractivity (Wildman–Crippen MR) is 104 cm³/mol. The highest BCUT2D eigenvalue weighted by Gasteiger charge is 2.30. The summed E-state index contributed by atoms with van der Waals surface area (Å²) in [5.41, 5.74) is 1.56. The molecule has 7 heteroatoms. The number of rotatable bonds is 5. The summed E-state index contributed by atoms with van der Waals surface area (Å²) >= 11 is 0. The van der Waals surface area contributed by atoms with Crippen molar-refractivity contribution in [2.24, 2.45) is 7.05 Å². The molecule has 4 rings (SSSR count). The van der Waals surface area contributed by atoms with E-state index in [-0.39, 0.29) is 5.92 Å². The Balaban J connectivity index is 1.40. The van der Waals surface area contributed by atoms with Gasteiger partial charge in [0.2, 0.25) is 0 Å². The molecule has 28 heavy (non-hydrogen) atoms. The van der Waals surface area contributed by atoms with Crippen molar-refractivity contribution in [2.45, 2.75) is 25.3 Å². The molecule has 3 aromatic rings. The maximum absolute atomic E-state index is 12.6. The van der Waals surface area contributed by atoms with Gasteiger partial charge in [-0.15, -0.1) is 0 Å². The Morgan fingerprint density at radius 2 is 1.93 bits per heavy atom. The van der Waals surface area contributed by atoms with E-state index in [4.69, 9.17) is 0 Å². The summed E-state index contributed by atoms with van der Waals surface area (Å²) in [5.74, 6) is 0.452. The Morgan fingerprint density at radius 1 is 1.11 bits per heavy atom. The Kier molecular flexibility index (Phi) is 5.06. The van der Waals surface area contributed by atoms with Gasteiger partial charge in [-0.1, -0.05) is 6.07 Å². The Morgan fingerprint density at radius 3 is 2.61 bits per heavy atom. The largest absolute Gasteiger partial charge is 0.348 e. The van der Waals surface area contributed by atoms with Crippen LogP contribution in [0, 0.1) is 0 Å². The number of aromatic nitrogens is 4. The van der Waals surface area contributed by atoms with E-state index in [1.807, 2.05) is 30.7 Å². The number of ketones is 1. The number of carbonyl (C=O) groups excluding carboxylic acids is 2. The first kappa shape index (κ1) is 18.2. The molecule has 1 amide bonds. The lowest BCUT2D eigenvalue weighted by Crippen LogP contribution is -2.42. The van der Waals surface area contributed by atoms with Gasteiger partial charge >= 0.3 is 0 Å². The molecule has 1 fully saturated rings. The summed E-state index contributed by atoms with van der Waals surface area (Å²) in [5, 5.41) is 0. The van der Waals surface area contributed by atoms with Gasteiger partial charge in [0.15, 0.2) is 0 Å². The molecule has 0 bridgehead atoms. The third-order valence-corrected chi connectivity index (χ3v) is 5.34. The van der Waals surface area contributed by atoms with E-state index in [0.717, 1.165) is 30.8 Å². The molecule has 0 unspecified atom stereocenters. The number of piperidine rings is 1. The van der Waals surface area contributed by atoms with Crippen molar-refractivity contribution in [2.75, 3.05) is 13.1 Å². The fourth-order valence-corrected chi connectivity index (χ4v) is 3.79. The van der Waals surface area contributed by atoms with Crippen LogP contribution in [0.5, 0.6) is 0 Å². The summed E-state index contributed by atoms with van der Waals surface area (Å²) in [6.45, 7) is 1.87. The number of likely N-dealkylation sites (tertiary alicyclic amines) is 1. The standard InChI is InChI=1S/C21H23N5O2/c1-24-10-3-5-18(24)19(27)21(28)25-11-6-17(7-12-25)20-23-9-13-26(20)15-16-4-2-8-22-14-16/h2-5,8-10,13-14,17H,6-7,11-12,15H2,1H3. The number of hydrogen-bond acceptors (Lipinski definition) is 4. The highest BCUT2D eigenvalue weighted by molar-refractivity contribution is 6.42. The zero-order valence-corrected chi connectivity index (χ0v) is 15.9. The third kappa shape index (κ3) is 3.60. The lowest BCUT2D eigenvalue weighted by atomic mass is 9.95. The van der Waals surface area contributed by atoms with Crippen molar-refractivity contribution in [3.63, 3.8) is 0 Å². The molecule has 0 atom stereocenters. The van der Waals surface area contributed by atoms with Crippen molar-refractivity contribution >= 4 is 11.7 Å². The molecule has 0 aromatic carbocycles. The molecule has 1 saturated heterocycles. The Bertz CT molecular complexity index is 968. The van der Waals surface area contributed by atoms with Crippen LogP contribution < -0.4 is 0 Å². The van der Waals surface area contributed by atoms with Crippen molar-refractivity contribution in [3.05, 3.63) is 72.3 Å². The van der Waals surface area contributed by atoms with Crippen LogP contribution in [0.1, 0.15) is 40.6 Å². The first-order valence-electron chi connectivity index (χ1n) is 9.48. The first-order chi connectivity index (χ1) is 13.6. The minimum Gasteiger partial charge on any atom is -0.348 e. The molecule has 0 aliphatic carbocycles. The van der Waals surface area contributed by atoms with Crippen LogP contribution in [0.25, 0.3) is 0 Å². The molecular formula is C21H23N5O2. The SMILES string of the molecule is Cn1cccc1C(=O)C(=O)N1CCC(c2nccn2Cc2cccnc2)CC1. The molecule has 0 saturated carbocycles. The lowest BCUT2D eigenvalue weighted by molar-refractivity contribution is -0.127. The van der Waals surface area contributed by atoms with Crippen molar-refractivity contribution in [1.82, 2.24) is 24.0 Å². The van der Waals surface area contributed by atoms with Gasteiger partial charge in [-0.3, -0.25) is 14.6 Å². The van der Waals surface area contributed by atoms with E-state index < -0.39 is 11.7 Å². The molecule has 1 aliphatic heterocycles. The Hall–Kier alpha value is -3.22. The van der Waals surface area contributed by atoms with Gasteiger partial charge in [-0.2, -0.15) is 0 Å². The number of amides is 1. The maximum atomic E-state index is 12.6. The quantitative estimate of drug-likeness (QED) is 0.505. The summed E-state index contributed by atoms with van der Waals surface area (Å²) in [7, 11) is 1.77. The average Bonchev–Trinajstić information content (AvgIpc) is 3.37. The van der Waals surface area contributed by atoms with Crippen LogP contribution in [0.4, 0.5) is 0 Å². The van der Waals surface area contributed by atoms with Crippen LogP contribution in [-0.4, -0.2) is 48.8 Å². The zero-order valence-electron chi connectivity index (χ0n) is 15.9. The number of imidazole rings is 1. The van der Waals surface area contributed by atoms with Crippen LogP contribution >= 0.6 is 0 Å². The summed E-state index contributed by atoms with van der Waals surface area (Å²) in [6, 6.07) is 7.43. The average molecular weight is 377 g/mol. The molecular weight excluding hydrogens is 354 g/mol. The van der Waals surface area contributed by atoms with Crippen LogP contribution in [-0.2, 0) is 18.4 Å². The van der Waals surface area contributed by atoms with Gasteiger partial charge in [0.25, 0.3) is 11.7 Å². The summed E-state index contributed by atoms with van der Waals surface area (Å²) < 4.78 is 3.83. The second kappa shape index (κ2) is 7.80. The van der Waals surface area contributed by atoms with Crippen LogP contribution in [0.3, 0.4) is 0 Å². The summed E-state index contributed by atoms with van der Waals surface area (Å²) in [4.78, 5) is 35.4. The molecule has 4 heterocycles. The predicted octanol–water partition coefficient (Wildman–Crippen LogP) is 2.25. The molecule has 7 nitrogen and oxygen atoms in total. The van der Waals surface area contributed by atoms with Crippen molar-refractivity contribution in [3.8, 4) is 0 Å². The fraction of sp³-hybridized carbons (Fsp3) is 0.333. The van der Waals surface area contributed by atoms with Gasteiger partial charge in [-0.25, -0.2) is 4.98 Å². The third-order valence-electron chi connectivity index (χ3n) is 5.34.